The van der Waals surface area contributed by atoms with E-state index in [-0.39, 0.29) is 11.8 Å². The van der Waals surface area contributed by atoms with E-state index in [1.807, 2.05) is 0 Å². The molecule has 0 unspecified atom stereocenters. The van der Waals surface area contributed by atoms with Crippen LogP contribution in [0.1, 0.15) is 49.1 Å². The highest BCUT2D eigenvalue weighted by atomic mass is 16.4. The van der Waals surface area contributed by atoms with Gasteiger partial charge in [-0.1, -0.05) is 24.3 Å². The predicted octanol–water partition coefficient (Wildman–Crippen LogP) is 2.66. The van der Waals surface area contributed by atoms with Crippen LogP contribution in [-0.4, -0.2) is 24.2 Å². The van der Waals surface area contributed by atoms with Crippen LogP contribution in [0.4, 0.5) is 0 Å². The number of nitrogens with one attached hydrogen (secondary N) is 1. The summed E-state index contributed by atoms with van der Waals surface area (Å²) in [4.78, 5) is 11.1. The molecule has 1 aliphatic carbocycles. The molecule has 0 aromatic heterocycles. The van der Waals surface area contributed by atoms with Crippen molar-refractivity contribution in [1.82, 2.24) is 5.32 Å². The maximum atomic E-state index is 11.1. The topological polar surface area (TPSA) is 49.3 Å². The lowest BCUT2D eigenvalue weighted by atomic mass is 9.80. The Kier molecular flexibility index (Phi) is 3.31. The molecule has 1 saturated heterocycles. The van der Waals surface area contributed by atoms with Gasteiger partial charge in [-0.3, -0.25) is 4.79 Å². The standard InChI is InChI=1S/C16H21NO2/c18-15(19)11-16(7-8-16)14-4-2-1-3-13(14)12-5-9-17-10-6-12/h1-4,12,17H,5-11H2,(H,18,19). The third kappa shape index (κ3) is 2.52. The number of rotatable bonds is 4. The summed E-state index contributed by atoms with van der Waals surface area (Å²) in [6, 6.07) is 8.53. The number of benzene rings is 1. The average Bonchev–Trinajstić information content (AvgIpc) is 3.20. The van der Waals surface area contributed by atoms with Gasteiger partial charge < -0.3 is 10.4 Å². The molecular weight excluding hydrogens is 238 g/mol. The zero-order valence-corrected chi connectivity index (χ0v) is 11.2. The molecule has 2 fully saturated rings. The summed E-state index contributed by atoms with van der Waals surface area (Å²) in [5, 5.41) is 12.5. The van der Waals surface area contributed by atoms with Crippen LogP contribution < -0.4 is 5.32 Å². The molecule has 0 bridgehead atoms. The maximum Gasteiger partial charge on any atom is 0.304 e. The van der Waals surface area contributed by atoms with Gasteiger partial charge in [0, 0.05) is 5.41 Å². The lowest BCUT2D eigenvalue weighted by Crippen LogP contribution is -2.28. The van der Waals surface area contributed by atoms with Crippen LogP contribution in [0.15, 0.2) is 24.3 Å². The molecule has 1 aromatic rings. The Morgan fingerprint density at radius 3 is 2.58 bits per heavy atom. The molecular formula is C16H21NO2. The summed E-state index contributed by atoms with van der Waals surface area (Å²) in [6.07, 6.45) is 4.68. The normalized spacial score (nSPS) is 22.1. The van der Waals surface area contributed by atoms with Gasteiger partial charge >= 0.3 is 5.97 Å². The second kappa shape index (κ2) is 4.97. The number of hydrogen-bond donors (Lipinski definition) is 2. The molecule has 0 amide bonds. The van der Waals surface area contributed by atoms with Gasteiger partial charge in [0.1, 0.15) is 0 Å². The first-order chi connectivity index (χ1) is 9.21. The van der Waals surface area contributed by atoms with Gasteiger partial charge in [-0.25, -0.2) is 0 Å². The minimum atomic E-state index is -0.669. The fourth-order valence-corrected chi connectivity index (χ4v) is 3.45. The third-order valence-electron chi connectivity index (χ3n) is 4.65. The highest BCUT2D eigenvalue weighted by Crippen LogP contribution is 2.53. The van der Waals surface area contributed by atoms with Crippen LogP contribution in [0.3, 0.4) is 0 Å². The molecule has 1 aliphatic heterocycles. The Morgan fingerprint density at radius 2 is 1.95 bits per heavy atom. The Labute approximate surface area is 114 Å². The van der Waals surface area contributed by atoms with Gasteiger partial charge in [0.15, 0.2) is 0 Å². The van der Waals surface area contributed by atoms with Gasteiger partial charge in [0.2, 0.25) is 0 Å². The number of carboxylic acids is 1. The molecule has 2 N–H and O–H groups in total. The van der Waals surface area contributed by atoms with Crippen molar-refractivity contribution < 1.29 is 9.90 Å². The summed E-state index contributed by atoms with van der Waals surface area (Å²) < 4.78 is 0. The number of carboxylic acid groups (broad SMARTS) is 1. The van der Waals surface area contributed by atoms with E-state index in [9.17, 15) is 4.79 Å². The highest BCUT2D eigenvalue weighted by Gasteiger charge is 2.47. The molecule has 1 aromatic carbocycles. The predicted molar refractivity (Wildman–Crippen MR) is 74.5 cm³/mol. The summed E-state index contributed by atoms with van der Waals surface area (Å²) in [5.41, 5.74) is 2.65. The van der Waals surface area contributed by atoms with Crippen molar-refractivity contribution in [3.63, 3.8) is 0 Å². The van der Waals surface area contributed by atoms with E-state index in [1.54, 1.807) is 0 Å². The van der Waals surface area contributed by atoms with Crippen molar-refractivity contribution in [1.29, 1.82) is 0 Å². The molecule has 0 spiro atoms. The van der Waals surface area contributed by atoms with Crippen LogP contribution >= 0.6 is 0 Å². The van der Waals surface area contributed by atoms with Crippen LogP contribution in [0.5, 0.6) is 0 Å². The number of carbonyl (C=O) groups is 1. The monoisotopic (exact) mass is 259 g/mol. The van der Waals surface area contributed by atoms with Crippen LogP contribution in [0.2, 0.25) is 0 Å². The van der Waals surface area contributed by atoms with Gasteiger partial charge in [-0.05, 0) is 55.8 Å². The summed E-state index contributed by atoms with van der Waals surface area (Å²) in [6.45, 7) is 2.15. The van der Waals surface area contributed by atoms with E-state index in [0.29, 0.717) is 5.92 Å². The first kappa shape index (κ1) is 12.7. The Morgan fingerprint density at radius 1 is 1.26 bits per heavy atom. The molecule has 3 nitrogen and oxygen atoms in total. The average molecular weight is 259 g/mol. The van der Waals surface area contributed by atoms with Gasteiger partial charge in [-0.15, -0.1) is 0 Å². The SMILES string of the molecule is O=C(O)CC1(c2ccccc2C2CCNCC2)CC1. The smallest absolute Gasteiger partial charge is 0.304 e. The fourth-order valence-electron chi connectivity index (χ4n) is 3.45. The maximum absolute atomic E-state index is 11.1. The first-order valence-corrected chi connectivity index (χ1v) is 7.23. The van der Waals surface area contributed by atoms with Crippen molar-refractivity contribution in [2.45, 2.75) is 43.4 Å². The second-order valence-corrected chi connectivity index (χ2v) is 5.96. The third-order valence-corrected chi connectivity index (χ3v) is 4.65. The lowest BCUT2D eigenvalue weighted by molar-refractivity contribution is -0.137. The Hall–Kier alpha value is -1.35. The van der Waals surface area contributed by atoms with Gasteiger partial charge in [0.25, 0.3) is 0 Å². The molecule has 102 valence electrons. The summed E-state index contributed by atoms with van der Waals surface area (Å²) in [7, 11) is 0. The zero-order chi connectivity index (χ0) is 13.3. The van der Waals surface area contributed by atoms with Gasteiger partial charge in [0.05, 0.1) is 6.42 Å². The molecule has 3 heteroatoms. The molecule has 1 saturated carbocycles. The minimum Gasteiger partial charge on any atom is -0.481 e. The Balaban J connectivity index is 1.91. The van der Waals surface area contributed by atoms with Crippen molar-refractivity contribution in [2.75, 3.05) is 13.1 Å². The van der Waals surface area contributed by atoms with Crippen molar-refractivity contribution in [3.8, 4) is 0 Å². The number of aliphatic carboxylic acids is 1. The quantitative estimate of drug-likeness (QED) is 0.874. The molecule has 0 radical (unpaired) electrons. The van der Waals surface area contributed by atoms with Gasteiger partial charge in [-0.2, -0.15) is 0 Å². The molecule has 2 aliphatic rings. The van der Waals surface area contributed by atoms with Crippen LogP contribution in [0.25, 0.3) is 0 Å². The number of piperidine rings is 1. The van der Waals surface area contributed by atoms with Crippen LogP contribution in [0, 0.1) is 0 Å². The van der Waals surface area contributed by atoms with E-state index in [2.05, 4.69) is 29.6 Å². The zero-order valence-electron chi connectivity index (χ0n) is 11.2. The van der Waals surface area contributed by atoms with E-state index in [1.165, 1.54) is 24.0 Å². The second-order valence-electron chi connectivity index (χ2n) is 5.96. The van der Waals surface area contributed by atoms with Crippen LogP contribution in [-0.2, 0) is 10.2 Å². The molecule has 3 rings (SSSR count). The largest absolute Gasteiger partial charge is 0.481 e. The first-order valence-electron chi connectivity index (χ1n) is 7.23. The summed E-state index contributed by atoms with van der Waals surface area (Å²) >= 11 is 0. The van der Waals surface area contributed by atoms with E-state index in [4.69, 9.17) is 5.11 Å². The van der Waals surface area contributed by atoms with E-state index < -0.39 is 5.97 Å². The minimum absolute atomic E-state index is 0.0622. The molecule has 0 atom stereocenters. The summed E-state index contributed by atoms with van der Waals surface area (Å²) in [5.74, 6) is -0.0682. The van der Waals surface area contributed by atoms with Crippen molar-refractivity contribution in [2.24, 2.45) is 0 Å². The van der Waals surface area contributed by atoms with E-state index in [0.717, 1.165) is 25.9 Å². The van der Waals surface area contributed by atoms with Crippen molar-refractivity contribution in [3.05, 3.63) is 35.4 Å². The highest BCUT2D eigenvalue weighted by molar-refractivity contribution is 5.70. The Bertz CT molecular complexity index is 473. The number of hydrogen-bond acceptors (Lipinski definition) is 2. The molecule has 19 heavy (non-hydrogen) atoms. The van der Waals surface area contributed by atoms with E-state index >= 15 is 0 Å². The lowest BCUT2D eigenvalue weighted by Gasteiger charge is -2.27. The fraction of sp³-hybridized carbons (Fsp3) is 0.562. The van der Waals surface area contributed by atoms with Crippen molar-refractivity contribution >= 4 is 5.97 Å². The molecule has 1 heterocycles.